The zero-order valence-electron chi connectivity index (χ0n) is 10.7. The van der Waals surface area contributed by atoms with Crippen molar-refractivity contribution in [2.24, 2.45) is 0 Å². The number of hydrogen-bond donors (Lipinski definition) is 1. The third-order valence-electron chi connectivity index (χ3n) is 2.51. The Morgan fingerprint density at radius 2 is 1.24 bits per heavy atom. The minimum absolute atomic E-state index is 0. The molecule has 0 spiro atoms. The number of benzene rings is 2. The van der Waals surface area contributed by atoms with Crippen LogP contribution in [0.25, 0.3) is 0 Å². The van der Waals surface area contributed by atoms with Crippen LogP contribution >= 0.6 is 0 Å². The molecule has 17 heavy (non-hydrogen) atoms. The fourth-order valence-electron chi connectivity index (χ4n) is 1.77. The third-order valence-corrected chi connectivity index (χ3v) is 2.51. The van der Waals surface area contributed by atoms with Gasteiger partial charge in [-0.3, -0.25) is 4.79 Å². The zero-order valence-corrected chi connectivity index (χ0v) is 11.7. The monoisotopic (exact) mass is 236 g/mol. The molecule has 0 amide bonds. The number of aliphatic carboxylic acids is 1. The van der Waals surface area contributed by atoms with E-state index in [2.05, 4.69) is 0 Å². The number of rotatable bonds is 3. The van der Waals surface area contributed by atoms with E-state index in [-0.39, 0.29) is 31.0 Å². The van der Waals surface area contributed by atoms with Gasteiger partial charge in [-0.2, -0.15) is 0 Å². The van der Waals surface area contributed by atoms with Crippen LogP contribution in [0.2, 0.25) is 0 Å². The van der Waals surface area contributed by atoms with Crippen molar-refractivity contribution in [3.05, 3.63) is 71.8 Å². The molecule has 0 bridgehead atoms. The van der Waals surface area contributed by atoms with Crippen LogP contribution in [0.4, 0.5) is 0 Å². The molecule has 2 nitrogen and oxygen atoms in total. The van der Waals surface area contributed by atoms with Gasteiger partial charge in [0.25, 0.3) is 0 Å². The summed E-state index contributed by atoms with van der Waals surface area (Å²) in [5, 5.41) is 9.28. The summed E-state index contributed by atoms with van der Waals surface area (Å²) < 4.78 is 0. The summed E-state index contributed by atoms with van der Waals surface area (Å²) in [5.41, 5.74) is 1.61. The zero-order chi connectivity index (χ0) is 11.4. The van der Waals surface area contributed by atoms with E-state index in [1.165, 1.54) is 0 Å². The van der Waals surface area contributed by atoms with Crippen LogP contribution in [0.15, 0.2) is 60.7 Å². The number of carbonyl (C=O) groups is 1. The first kappa shape index (κ1) is 14.0. The second-order valence-corrected chi connectivity index (χ2v) is 3.59. The number of hydrogen-bond acceptors (Lipinski definition) is 1. The van der Waals surface area contributed by atoms with Crippen molar-refractivity contribution in [2.75, 3.05) is 0 Å². The molecule has 0 aliphatic heterocycles. The molecule has 0 fully saturated rings. The van der Waals surface area contributed by atoms with Crippen molar-refractivity contribution >= 4 is 5.97 Å². The van der Waals surface area contributed by atoms with E-state index in [0.717, 1.165) is 11.1 Å². The summed E-state index contributed by atoms with van der Waals surface area (Å²) in [6.07, 6.45) is 0. The Kier molecular flexibility index (Phi) is 5.42. The quantitative estimate of drug-likeness (QED) is 0.763. The summed E-state index contributed by atoms with van der Waals surface area (Å²) in [6.45, 7) is 0. The molecule has 2 aromatic carbocycles. The number of carboxylic acids is 1. The first-order valence-corrected chi connectivity index (χ1v) is 5.12. The van der Waals surface area contributed by atoms with Gasteiger partial charge in [0.1, 0.15) is 5.92 Å². The molecule has 0 unspecified atom stereocenters. The predicted octanol–water partition coefficient (Wildman–Crippen LogP) is 0.0196. The molecule has 0 atom stereocenters. The molecular formula is C14H13NaO2. The van der Waals surface area contributed by atoms with Gasteiger partial charge in [0.15, 0.2) is 0 Å². The minimum Gasteiger partial charge on any atom is -1.00 e. The summed E-state index contributed by atoms with van der Waals surface area (Å²) >= 11 is 0. The SMILES string of the molecule is O=C(O)C(c1ccccc1)c1ccccc1.[H-].[Na+]. The third kappa shape index (κ3) is 3.43. The molecule has 1 N–H and O–H groups in total. The van der Waals surface area contributed by atoms with E-state index in [0.29, 0.717) is 0 Å². The van der Waals surface area contributed by atoms with Crippen molar-refractivity contribution in [3.8, 4) is 0 Å². The standard InChI is InChI=1S/C14H12O2.Na.H/c15-14(16)13(11-7-3-1-4-8-11)12-9-5-2-6-10-12;;/h1-10,13H,(H,15,16);;/q;+1;-1. The van der Waals surface area contributed by atoms with Gasteiger partial charge in [-0.1, -0.05) is 60.7 Å². The summed E-state index contributed by atoms with van der Waals surface area (Å²) in [6, 6.07) is 18.5. The fraction of sp³-hybridized carbons (Fsp3) is 0.0714. The van der Waals surface area contributed by atoms with E-state index < -0.39 is 11.9 Å². The Morgan fingerprint density at radius 1 is 0.882 bits per heavy atom. The summed E-state index contributed by atoms with van der Waals surface area (Å²) in [7, 11) is 0. The van der Waals surface area contributed by atoms with E-state index in [1.807, 2.05) is 60.7 Å². The molecule has 0 aromatic heterocycles. The van der Waals surface area contributed by atoms with Crippen LogP contribution < -0.4 is 29.6 Å². The summed E-state index contributed by atoms with van der Waals surface area (Å²) in [5.74, 6) is -1.40. The molecule has 0 saturated carbocycles. The molecule has 0 saturated heterocycles. The first-order valence-electron chi connectivity index (χ1n) is 5.12. The van der Waals surface area contributed by atoms with E-state index >= 15 is 0 Å². The van der Waals surface area contributed by atoms with Gasteiger partial charge in [-0.15, -0.1) is 0 Å². The van der Waals surface area contributed by atoms with Crippen LogP contribution in [0.3, 0.4) is 0 Å². The van der Waals surface area contributed by atoms with Crippen molar-refractivity contribution in [1.82, 2.24) is 0 Å². The Morgan fingerprint density at radius 3 is 1.53 bits per heavy atom. The van der Waals surface area contributed by atoms with Crippen LogP contribution in [0.5, 0.6) is 0 Å². The Balaban J connectivity index is 0.00000144. The minimum atomic E-state index is -0.822. The summed E-state index contributed by atoms with van der Waals surface area (Å²) in [4.78, 5) is 11.3. The van der Waals surface area contributed by atoms with Crippen molar-refractivity contribution in [1.29, 1.82) is 0 Å². The topological polar surface area (TPSA) is 37.3 Å². The molecule has 0 aliphatic carbocycles. The molecule has 3 heteroatoms. The maximum absolute atomic E-state index is 11.3. The maximum atomic E-state index is 11.3. The average molecular weight is 236 g/mol. The fourth-order valence-corrected chi connectivity index (χ4v) is 1.77. The Labute approximate surface area is 124 Å². The first-order chi connectivity index (χ1) is 7.79. The van der Waals surface area contributed by atoms with Crippen molar-refractivity contribution in [3.63, 3.8) is 0 Å². The van der Waals surface area contributed by atoms with Gasteiger partial charge in [0.05, 0.1) is 0 Å². The van der Waals surface area contributed by atoms with Gasteiger partial charge in [0, 0.05) is 0 Å². The van der Waals surface area contributed by atoms with Gasteiger partial charge in [0.2, 0.25) is 0 Å². The van der Waals surface area contributed by atoms with Gasteiger partial charge >= 0.3 is 35.5 Å². The van der Waals surface area contributed by atoms with Crippen LogP contribution in [-0.2, 0) is 4.79 Å². The molecule has 0 heterocycles. The van der Waals surface area contributed by atoms with Gasteiger partial charge < -0.3 is 6.53 Å². The van der Waals surface area contributed by atoms with E-state index in [1.54, 1.807) is 0 Å². The second-order valence-electron chi connectivity index (χ2n) is 3.59. The van der Waals surface area contributed by atoms with Crippen molar-refractivity contribution in [2.45, 2.75) is 5.92 Å². The molecule has 0 aliphatic rings. The molecule has 2 rings (SSSR count). The van der Waals surface area contributed by atoms with E-state index in [4.69, 9.17) is 0 Å². The van der Waals surface area contributed by atoms with Crippen LogP contribution in [0.1, 0.15) is 18.5 Å². The van der Waals surface area contributed by atoms with Gasteiger partial charge in [-0.05, 0) is 11.1 Å². The normalized spacial score (nSPS) is 9.71. The molecular weight excluding hydrogens is 223 g/mol. The molecule has 82 valence electrons. The smallest absolute Gasteiger partial charge is 1.00 e. The van der Waals surface area contributed by atoms with Gasteiger partial charge in [-0.25, -0.2) is 0 Å². The average Bonchev–Trinajstić information content (AvgIpc) is 2.31. The van der Waals surface area contributed by atoms with Crippen LogP contribution in [-0.4, -0.2) is 11.1 Å². The number of carboxylic acid groups (broad SMARTS) is 1. The maximum Gasteiger partial charge on any atom is 1.00 e. The van der Waals surface area contributed by atoms with E-state index in [9.17, 15) is 9.90 Å². The second kappa shape index (κ2) is 6.60. The Bertz CT molecular complexity index is 434. The van der Waals surface area contributed by atoms with Crippen LogP contribution in [0, 0.1) is 0 Å². The molecule has 2 aromatic rings. The largest absolute Gasteiger partial charge is 1.00 e. The Hall–Kier alpha value is -1.09. The van der Waals surface area contributed by atoms with Crippen molar-refractivity contribution < 1.29 is 40.9 Å². The predicted molar refractivity (Wildman–Crippen MR) is 63.5 cm³/mol. The molecule has 0 radical (unpaired) electrons.